The maximum absolute atomic E-state index is 6.06. The standard InChI is InChI=1S/C21H22ClNS/c1-14-5-3-6-17-18-7-4-8-19(24-2)21(18)23(20(14)17)13-15-9-11-16(22)12-10-15/h4,7-12,14H,3,5-6,13H2,1-2H3. The van der Waals surface area contributed by atoms with E-state index in [0.717, 1.165) is 11.6 Å². The largest absolute Gasteiger partial charge is 0.339 e. The van der Waals surface area contributed by atoms with Crippen molar-refractivity contribution in [1.29, 1.82) is 0 Å². The number of benzene rings is 2. The molecular formula is C21H22ClNS. The van der Waals surface area contributed by atoms with Gasteiger partial charge in [0, 0.05) is 27.5 Å². The molecule has 24 heavy (non-hydrogen) atoms. The average Bonchev–Trinajstić information content (AvgIpc) is 2.92. The van der Waals surface area contributed by atoms with Crippen LogP contribution in [-0.2, 0) is 13.0 Å². The van der Waals surface area contributed by atoms with E-state index in [0.29, 0.717) is 5.92 Å². The van der Waals surface area contributed by atoms with Gasteiger partial charge in [-0.3, -0.25) is 0 Å². The van der Waals surface area contributed by atoms with E-state index in [-0.39, 0.29) is 0 Å². The van der Waals surface area contributed by atoms with E-state index in [4.69, 9.17) is 11.6 Å². The van der Waals surface area contributed by atoms with Crippen LogP contribution >= 0.6 is 23.4 Å². The molecule has 0 spiro atoms. The molecule has 4 rings (SSSR count). The molecule has 0 bridgehead atoms. The van der Waals surface area contributed by atoms with Crippen LogP contribution in [0.1, 0.15) is 42.5 Å². The van der Waals surface area contributed by atoms with Crippen molar-refractivity contribution < 1.29 is 0 Å². The summed E-state index contributed by atoms with van der Waals surface area (Å²) in [6, 6.07) is 15.1. The summed E-state index contributed by atoms with van der Waals surface area (Å²) >= 11 is 7.91. The number of nitrogens with zero attached hydrogens (tertiary/aromatic N) is 1. The molecule has 0 amide bonds. The van der Waals surface area contributed by atoms with Crippen molar-refractivity contribution in [3.63, 3.8) is 0 Å². The lowest BCUT2D eigenvalue weighted by Crippen LogP contribution is -2.13. The smallest absolute Gasteiger partial charge is 0.0626 e. The lowest BCUT2D eigenvalue weighted by atomic mass is 9.88. The van der Waals surface area contributed by atoms with Gasteiger partial charge in [-0.2, -0.15) is 0 Å². The van der Waals surface area contributed by atoms with Gasteiger partial charge in [0.1, 0.15) is 0 Å². The highest BCUT2D eigenvalue weighted by Gasteiger charge is 2.26. The van der Waals surface area contributed by atoms with Crippen LogP contribution in [0.2, 0.25) is 5.02 Å². The number of para-hydroxylation sites is 1. The zero-order chi connectivity index (χ0) is 16.7. The van der Waals surface area contributed by atoms with E-state index in [1.807, 2.05) is 23.9 Å². The Hall–Kier alpha value is -1.38. The first kappa shape index (κ1) is 16.1. The number of hydrogen-bond acceptors (Lipinski definition) is 1. The fraction of sp³-hybridized carbons (Fsp3) is 0.333. The monoisotopic (exact) mass is 355 g/mol. The summed E-state index contributed by atoms with van der Waals surface area (Å²) in [5.41, 5.74) is 5.85. The third-order valence-corrected chi connectivity index (χ3v) is 6.22. The maximum atomic E-state index is 6.06. The van der Waals surface area contributed by atoms with Gasteiger partial charge in [0.2, 0.25) is 0 Å². The first-order valence-electron chi connectivity index (χ1n) is 8.61. The van der Waals surface area contributed by atoms with Crippen molar-refractivity contribution in [3.05, 3.63) is 64.3 Å². The van der Waals surface area contributed by atoms with Gasteiger partial charge in [-0.15, -0.1) is 11.8 Å². The summed E-state index contributed by atoms with van der Waals surface area (Å²) in [5, 5.41) is 2.26. The Bertz CT molecular complexity index is 879. The summed E-state index contributed by atoms with van der Waals surface area (Å²) in [6.07, 6.45) is 5.98. The lowest BCUT2D eigenvalue weighted by molar-refractivity contribution is 0.551. The molecule has 0 N–H and O–H groups in total. The Kier molecular flexibility index (Phi) is 4.36. The van der Waals surface area contributed by atoms with Crippen LogP contribution in [0.15, 0.2) is 47.4 Å². The highest BCUT2D eigenvalue weighted by molar-refractivity contribution is 7.98. The van der Waals surface area contributed by atoms with E-state index < -0.39 is 0 Å². The molecule has 1 unspecified atom stereocenters. The topological polar surface area (TPSA) is 4.93 Å². The van der Waals surface area contributed by atoms with Gasteiger partial charge in [0.05, 0.1) is 5.52 Å². The molecule has 0 radical (unpaired) electrons. The minimum absolute atomic E-state index is 0.628. The molecule has 0 fully saturated rings. The Balaban J connectivity index is 1.95. The molecule has 3 aromatic rings. The van der Waals surface area contributed by atoms with Crippen LogP contribution in [0.5, 0.6) is 0 Å². The molecular weight excluding hydrogens is 334 g/mol. The van der Waals surface area contributed by atoms with Crippen molar-refractivity contribution in [2.75, 3.05) is 6.26 Å². The lowest BCUT2D eigenvalue weighted by Gasteiger charge is -2.23. The van der Waals surface area contributed by atoms with Gasteiger partial charge in [-0.05, 0) is 60.8 Å². The number of aromatic nitrogens is 1. The van der Waals surface area contributed by atoms with Crippen LogP contribution < -0.4 is 0 Å². The summed E-state index contributed by atoms with van der Waals surface area (Å²) in [4.78, 5) is 1.38. The molecule has 3 heteroatoms. The molecule has 0 aliphatic heterocycles. The van der Waals surface area contributed by atoms with E-state index in [2.05, 4.69) is 48.1 Å². The van der Waals surface area contributed by atoms with Crippen LogP contribution in [0, 0.1) is 0 Å². The fourth-order valence-electron chi connectivity index (χ4n) is 4.11. The molecule has 1 atom stereocenters. The SMILES string of the molecule is CSc1cccc2c3c(n(Cc4ccc(Cl)cc4)c12)C(C)CCC3. The first-order valence-corrected chi connectivity index (χ1v) is 10.2. The highest BCUT2D eigenvalue weighted by atomic mass is 35.5. The van der Waals surface area contributed by atoms with E-state index in [1.54, 1.807) is 11.3 Å². The fourth-order valence-corrected chi connectivity index (χ4v) is 4.87. The van der Waals surface area contributed by atoms with E-state index in [1.165, 1.54) is 40.6 Å². The number of halogens is 1. The Morgan fingerprint density at radius 1 is 1.17 bits per heavy atom. The Morgan fingerprint density at radius 2 is 1.96 bits per heavy atom. The second-order valence-electron chi connectivity index (χ2n) is 6.73. The highest BCUT2D eigenvalue weighted by Crippen LogP contribution is 2.41. The van der Waals surface area contributed by atoms with Gasteiger partial charge in [0.15, 0.2) is 0 Å². The van der Waals surface area contributed by atoms with Crippen LogP contribution in [0.25, 0.3) is 10.9 Å². The Labute approximate surface area is 153 Å². The van der Waals surface area contributed by atoms with Gasteiger partial charge in [-0.1, -0.05) is 42.8 Å². The molecule has 2 aromatic carbocycles. The molecule has 1 aliphatic rings. The molecule has 1 aromatic heterocycles. The van der Waals surface area contributed by atoms with Gasteiger partial charge < -0.3 is 4.57 Å². The minimum atomic E-state index is 0.628. The quantitative estimate of drug-likeness (QED) is 0.485. The van der Waals surface area contributed by atoms with Crippen LogP contribution in [-0.4, -0.2) is 10.8 Å². The van der Waals surface area contributed by atoms with E-state index >= 15 is 0 Å². The molecule has 1 nitrogen and oxygen atoms in total. The summed E-state index contributed by atoms with van der Waals surface area (Å²) in [7, 11) is 0. The van der Waals surface area contributed by atoms with Crippen molar-refractivity contribution in [3.8, 4) is 0 Å². The molecule has 1 aliphatic carbocycles. The van der Waals surface area contributed by atoms with Crippen molar-refractivity contribution >= 4 is 34.3 Å². The maximum Gasteiger partial charge on any atom is 0.0626 e. The third-order valence-electron chi connectivity index (χ3n) is 5.20. The second-order valence-corrected chi connectivity index (χ2v) is 8.01. The van der Waals surface area contributed by atoms with Gasteiger partial charge in [-0.25, -0.2) is 0 Å². The molecule has 0 saturated heterocycles. The average molecular weight is 356 g/mol. The zero-order valence-corrected chi connectivity index (χ0v) is 15.8. The molecule has 1 heterocycles. The zero-order valence-electron chi connectivity index (χ0n) is 14.2. The van der Waals surface area contributed by atoms with Crippen LogP contribution in [0.4, 0.5) is 0 Å². The number of thioether (sulfide) groups is 1. The second kappa shape index (κ2) is 6.50. The van der Waals surface area contributed by atoms with Crippen molar-refractivity contribution in [2.45, 2.75) is 43.5 Å². The van der Waals surface area contributed by atoms with Crippen molar-refractivity contribution in [2.24, 2.45) is 0 Å². The van der Waals surface area contributed by atoms with Gasteiger partial charge in [0.25, 0.3) is 0 Å². The number of fused-ring (bicyclic) bond motifs is 3. The normalized spacial score (nSPS) is 17.2. The first-order chi connectivity index (χ1) is 11.7. The van der Waals surface area contributed by atoms with Crippen LogP contribution in [0.3, 0.4) is 0 Å². The Morgan fingerprint density at radius 3 is 2.71 bits per heavy atom. The predicted octanol–water partition coefficient (Wildman–Crippen LogP) is 6.50. The number of hydrogen-bond donors (Lipinski definition) is 0. The summed E-state index contributed by atoms with van der Waals surface area (Å²) in [6.45, 7) is 3.30. The third kappa shape index (κ3) is 2.66. The predicted molar refractivity (Wildman–Crippen MR) is 106 cm³/mol. The number of rotatable bonds is 3. The van der Waals surface area contributed by atoms with E-state index in [9.17, 15) is 0 Å². The molecule has 0 saturated carbocycles. The van der Waals surface area contributed by atoms with Crippen molar-refractivity contribution in [1.82, 2.24) is 4.57 Å². The van der Waals surface area contributed by atoms with Gasteiger partial charge >= 0.3 is 0 Å². The number of aryl methyl sites for hydroxylation is 1. The minimum Gasteiger partial charge on any atom is -0.339 e. The summed E-state index contributed by atoms with van der Waals surface area (Å²) in [5.74, 6) is 0.628. The summed E-state index contributed by atoms with van der Waals surface area (Å²) < 4.78 is 2.57. The molecule has 124 valence electrons.